The van der Waals surface area contributed by atoms with Crippen LogP contribution < -0.4 is 38.5 Å². The Morgan fingerprint density at radius 2 is 1.46 bits per heavy atom. The molecule has 3 rings (SSSR count). The van der Waals surface area contributed by atoms with Crippen LogP contribution in [0, 0.1) is 20.8 Å². The minimum atomic E-state index is -2.71. The fourth-order valence-corrected chi connectivity index (χ4v) is 3.05. The largest absolute Gasteiger partial charge is 1.00 e. The second-order valence-corrected chi connectivity index (χ2v) is 6.48. The van der Waals surface area contributed by atoms with Crippen molar-refractivity contribution >= 4 is 11.0 Å². The molecule has 0 atom stereocenters. The molecule has 3 aromatic rings. The zero-order valence-electron chi connectivity index (χ0n) is 16.4. The molecule has 4 N–H and O–H groups in total. The SMILES string of the molecule is COc1ccc(-c2n[nH]nc2-c2cc(C)c(C)c(C)c2)cc1O[S-](=O)=O.[Na+].[OH3+]. The van der Waals surface area contributed by atoms with Crippen LogP contribution in [-0.2, 0) is 24.9 Å². The number of rotatable bonds is 5. The fourth-order valence-electron chi connectivity index (χ4n) is 2.77. The van der Waals surface area contributed by atoms with E-state index in [0.717, 1.165) is 16.7 Å². The van der Waals surface area contributed by atoms with Gasteiger partial charge in [0.2, 0.25) is 0 Å². The van der Waals surface area contributed by atoms with Gasteiger partial charge in [0.15, 0.2) is 5.75 Å². The number of aromatic amines is 1. The van der Waals surface area contributed by atoms with Crippen molar-refractivity contribution in [1.82, 2.24) is 15.4 Å². The molecule has 0 bridgehead atoms. The van der Waals surface area contributed by atoms with E-state index in [4.69, 9.17) is 8.92 Å². The van der Waals surface area contributed by atoms with Gasteiger partial charge in [-0.2, -0.15) is 15.4 Å². The normalized spacial score (nSPS) is 10.2. The van der Waals surface area contributed by atoms with Crippen molar-refractivity contribution in [1.29, 1.82) is 0 Å². The van der Waals surface area contributed by atoms with Crippen molar-refractivity contribution in [3.05, 3.63) is 47.0 Å². The van der Waals surface area contributed by atoms with E-state index in [-0.39, 0.29) is 40.8 Å². The molecule has 0 unspecified atom stereocenters. The number of H-pyrrole nitrogens is 1. The van der Waals surface area contributed by atoms with E-state index >= 15 is 0 Å². The van der Waals surface area contributed by atoms with Crippen molar-refractivity contribution in [2.75, 3.05) is 7.11 Å². The summed E-state index contributed by atoms with van der Waals surface area (Å²) in [6.07, 6.45) is 0. The van der Waals surface area contributed by atoms with Gasteiger partial charge in [-0.05, 0) is 67.8 Å². The Labute approximate surface area is 187 Å². The molecule has 1 heterocycles. The van der Waals surface area contributed by atoms with Crippen molar-refractivity contribution in [3.8, 4) is 34.0 Å². The fraction of sp³-hybridized carbons (Fsp3) is 0.222. The van der Waals surface area contributed by atoms with Crippen molar-refractivity contribution in [3.63, 3.8) is 0 Å². The monoisotopic (exact) mass is 414 g/mol. The summed E-state index contributed by atoms with van der Waals surface area (Å²) in [6, 6.07) is 9.06. The van der Waals surface area contributed by atoms with E-state index in [2.05, 4.69) is 48.3 Å². The Balaban J connectivity index is 0.00000196. The number of methoxy groups -OCH3 is 1. The molecule has 0 fully saturated rings. The van der Waals surface area contributed by atoms with Gasteiger partial charge in [-0.25, -0.2) is 0 Å². The number of benzene rings is 2. The average Bonchev–Trinajstić information content (AvgIpc) is 3.08. The molecular weight excluding hydrogens is 393 g/mol. The molecule has 0 saturated carbocycles. The van der Waals surface area contributed by atoms with Crippen LogP contribution in [0.1, 0.15) is 16.7 Å². The van der Waals surface area contributed by atoms with E-state index in [9.17, 15) is 8.42 Å². The number of ether oxygens (including phenoxy) is 1. The first-order valence-corrected chi connectivity index (χ1v) is 8.85. The van der Waals surface area contributed by atoms with Gasteiger partial charge in [-0.1, -0.05) is 0 Å². The van der Waals surface area contributed by atoms with E-state index in [1.165, 1.54) is 12.7 Å². The number of aryl methyl sites for hydroxylation is 2. The van der Waals surface area contributed by atoms with Crippen LogP contribution in [0.3, 0.4) is 0 Å². The van der Waals surface area contributed by atoms with Crippen LogP contribution in [0.2, 0.25) is 0 Å². The number of hydrogen-bond donors (Lipinski definition) is 1. The third-order valence-corrected chi connectivity index (χ3v) is 4.66. The smallest absolute Gasteiger partial charge is 0.530 e. The van der Waals surface area contributed by atoms with E-state index < -0.39 is 11.0 Å². The number of nitrogens with one attached hydrogen (secondary N) is 1. The maximum atomic E-state index is 10.9. The van der Waals surface area contributed by atoms with E-state index in [1.54, 1.807) is 18.2 Å². The van der Waals surface area contributed by atoms with Gasteiger partial charge < -0.3 is 22.8 Å². The summed E-state index contributed by atoms with van der Waals surface area (Å²) >= 11 is 0. The van der Waals surface area contributed by atoms with Gasteiger partial charge in [-0.3, -0.25) is 0 Å². The zero-order valence-corrected chi connectivity index (χ0v) is 19.2. The predicted molar refractivity (Wildman–Crippen MR) is 102 cm³/mol. The van der Waals surface area contributed by atoms with Gasteiger partial charge in [0.25, 0.3) is 0 Å². The van der Waals surface area contributed by atoms with Crippen LogP contribution in [0.25, 0.3) is 22.5 Å². The summed E-state index contributed by atoms with van der Waals surface area (Å²) in [5.74, 6) is 0.397. The molecule has 0 saturated heterocycles. The first kappa shape index (κ1) is 24.1. The van der Waals surface area contributed by atoms with Gasteiger partial charge in [0, 0.05) is 11.1 Å². The van der Waals surface area contributed by atoms with Gasteiger partial charge in [-0.15, -0.1) is 0 Å². The van der Waals surface area contributed by atoms with Crippen molar-refractivity contribution in [2.24, 2.45) is 0 Å². The number of hydrogen-bond acceptors (Lipinski definition) is 7. The summed E-state index contributed by atoms with van der Waals surface area (Å²) in [5.41, 5.74) is 6.42. The molecule has 0 aliphatic carbocycles. The molecule has 28 heavy (non-hydrogen) atoms. The Hall–Kier alpha value is -1.91. The molecule has 8 nitrogen and oxygen atoms in total. The van der Waals surface area contributed by atoms with Crippen molar-refractivity contribution in [2.45, 2.75) is 20.8 Å². The van der Waals surface area contributed by atoms with Crippen LogP contribution in [0.5, 0.6) is 11.5 Å². The van der Waals surface area contributed by atoms with Gasteiger partial charge in [0.05, 0.1) is 7.11 Å². The number of nitrogens with zero attached hydrogens (tertiary/aromatic N) is 2. The first-order valence-electron chi connectivity index (χ1n) is 7.85. The molecule has 0 amide bonds. The minimum absolute atomic E-state index is 0. The molecule has 0 aliphatic rings. The molecule has 0 aliphatic heterocycles. The molecule has 1 aromatic heterocycles. The van der Waals surface area contributed by atoms with E-state index in [0.29, 0.717) is 22.7 Å². The van der Waals surface area contributed by atoms with Gasteiger partial charge in [0.1, 0.15) is 28.1 Å². The number of aromatic nitrogens is 3. The maximum Gasteiger partial charge on any atom is 1.00 e. The van der Waals surface area contributed by atoms with Crippen LogP contribution in [-0.4, -0.2) is 22.5 Å². The summed E-state index contributed by atoms with van der Waals surface area (Å²) in [6.45, 7) is 6.18. The topological polar surface area (TPSA) is 127 Å². The summed E-state index contributed by atoms with van der Waals surface area (Å²) in [7, 11) is -1.27. The van der Waals surface area contributed by atoms with Crippen LogP contribution >= 0.6 is 0 Å². The molecule has 2 aromatic carbocycles. The van der Waals surface area contributed by atoms with Gasteiger partial charge >= 0.3 is 29.6 Å². The second-order valence-electron chi connectivity index (χ2n) is 5.91. The third kappa shape index (κ3) is 4.92. The molecular formula is C18H21N3NaO5S+. The molecule has 144 valence electrons. The van der Waals surface area contributed by atoms with E-state index in [1.807, 2.05) is 0 Å². The standard InChI is InChI=1S/C18H18N3O4S.Na.H2O/c1-10-7-14(8-11(2)12(10)3)18-17(19-21-20-18)13-5-6-15(24-4)16(9-13)25-26(22)23;;/h5-9H,1-4H3,(H,19,20,21);;1H2/q-1;+1;/p+1. The summed E-state index contributed by atoms with van der Waals surface area (Å²) in [5, 5.41) is 11.2. The van der Waals surface area contributed by atoms with Crippen molar-refractivity contribution < 1.29 is 52.4 Å². The average molecular weight is 414 g/mol. The van der Waals surface area contributed by atoms with Crippen LogP contribution in [0.15, 0.2) is 30.3 Å². The summed E-state index contributed by atoms with van der Waals surface area (Å²) < 4.78 is 31.8. The first-order chi connectivity index (χ1) is 12.4. The Bertz CT molecular complexity index is 1020. The van der Waals surface area contributed by atoms with Crippen LogP contribution in [0.4, 0.5) is 0 Å². The molecule has 0 spiro atoms. The quantitative estimate of drug-likeness (QED) is 0.349. The molecule has 10 heteroatoms. The second kappa shape index (κ2) is 10.0. The summed E-state index contributed by atoms with van der Waals surface area (Å²) in [4.78, 5) is 0. The maximum absolute atomic E-state index is 10.9. The minimum Gasteiger partial charge on any atom is -0.530 e. The Morgan fingerprint density at radius 1 is 0.893 bits per heavy atom. The zero-order chi connectivity index (χ0) is 18.8. The Kier molecular flexibility index (Phi) is 8.65. The Morgan fingerprint density at radius 3 is 2.00 bits per heavy atom. The molecule has 0 radical (unpaired) electrons. The third-order valence-electron chi connectivity index (χ3n) is 4.34. The predicted octanol–water partition coefficient (Wildman–Crippen LogP) is -0.242.